The summed E-state index contributed by atoms with van der Waals surface area (Å²) in [6, 6.07) is 0. The van der Waals surface area contributed by atoms with Gasteiger partial charge in [-0.2, -0.15) is 0 Å². The van der Waals surface area contributed by atoms with E-state index in [9.17, 15) is 0 Å². The molecule has 2 rings (SSSR count). The summed E-state index contributed by atoms with van der Waals surface area (Å²) in [6.07, 6.45) is 3.64. The van der Waals surface area contributed by atoms with E-state index in [1.807, 2.05) is 27.7 Å². The Morgan fingerprint density at radius 3 is 1.94 bits per heavy atom. The Hall–Kier alpha value is -0.120. The zero-order valence-corrected chi connectivity index (χ0v) is 12.3. The van der Waals surface area contributed by atoms with Crippen molar-refractivity contribution in [1.82, 2.24) is 10.2 Å². The molecule has 2 aliphatic rings. The quantitative estimate of drug-likeness (QED) is 0.798. The maximum Gasteiger partial charge on any atom is 0.0443 e. The van der Waals surface area contributed by atoms with Gasteiger partial charge in [0.25, 0.3) is 0 Å². The summed E-state index contributed by atoms with van der Waals surface area (Å²) < 4.78 is 0. The number of piperidine rings is 1. The van der Waals surface area contributed by atoms with Crippen molar-refractivity contribution in [3.05, 3.63) is 0 Å². The molecule has 0 aromatic carbocycles. The van der Waals surface area contributed by atoms with Gasteiger partial charge < -0.3 is 15.3 Å². The van der Waals surface area contributed by atoms with Crippen LogP contribution in [0.4, 0.5) is 0 Å². The van der Waals surface area contributed by atoms with Crippen LogP contribution < -0.4 is 5.32 Å². The summed E-state index contributed by atoms with van der Waals surface area (Å²) >= 11 is 0. The van der Waals surface area contributed by atoms with Gasteiger partial charge in [0, 0.05) is 26.2 Å². The molecule has 17 heavy (non-hydrogen) atoms. The Balaban J connectivity index is 0.000000581. The zero-order chi connectivity index (χ0) is 13.1. The van der Waals surface area contributed by atoms with Gasteiger partial charge in [0.15, 0.2) is 0 Å². The second kappa shape index (κ2) is 9.86. The fraction of sp³-hybridized carbons (Fsp3) is 1.00. The third-order valence-electron chi connectivity index (χ3n) is 3.55. The summed E-state index contributed by atoms with van der Waals surface area (Å²) in [4.78, 5) is 2.49. The van der Waals surface area contributed by atoms with Crippen LogP contribution in [-0.4, -0.2) is 49.3 Å². The Morgan fingerprint density at radius 1 is 1.06 bits per heavy atom. The number of rotatable bonds is 3. The topological polar surface area (TPSA) is 35.5 Å². The molecule has 0 bridgehead atoms. The molecule has 0 unspecified atom stereocenters. The normalized spacial score (nSPS) is 21.7. The fourth-order valence-electron chi connectivity index (χ4n) is 2.38. The van der Waals surface area contributed by atoms with Gasteiger partial charge in [-0.1, -0.05) is 27.7 Å². The van der Waals surface area contributed by atoms with Crippen LogP contribution in [0, 0.1) is 5.41 Å². The molecular weight excluding hydrogens is 212 g/mol. The first-order valence-electron chi connectivity index (χ1n) is 7.39. The number of aliphatic hydroxyl groups is 1. The number of likely N-dealkylation sites (tertiary alicyclic amines) is 1. The van der Waals surface area contributed by atoms with Gasteiger partial charge >= 0.3 is 0 Å². The molecule has 3 nitrogen and oxygen atoms in total. The van der Waals surface area contributed by atoms with E-state index in [4.69, 9.17) is 5.11 Å². The van der Waals surface area contributed by atoms with Gasteiger partial charge in [-0.15, -0.1) is 0 Å². The summed E-state index contributed by atoms with van der Waals surface area (Å²) in [6.45, 7) is 14.4. The molecule has 0 aliphatic carbocycles. The minimum atomic E-state index is 0.337. The average Bonchev–Trinajstić information content (AvgIpc) is 2.40. The molecule has 2 fully saturated rings. The summed E-state index contributed by atoms with van der Waals surface area (Å²) in [5, 5.41) is 12.1. The largest absolute Gasteiger partial charge is 0.396 e. The van der Waals surface area contributed by atoms with Crippen LogP contribution in [0.1, 0.15) is 47.0 Å². The first-order valence-corrected chi connectivity index (χ1v) is 7.39. The van der Waals surface area contributed by atoms with E-state index in [1.54, 1.807) is 0 Å². The lowest BCUT2D eigenvalue weighted by molar-refractivity contribution is 0.0528. The number of nitrogens with one attached hydrogen (secondary N) is 1. The molecule has 0 saturated carbocycles. The van der Waals surface area contributed by atoms with Crippen molar-refractivity contribution in [2.24, 2.45) is 5.41 Å². The number of hydrogen-bond acceptors (Lipinski definition) is 3. The van der Waals surface area contributed by atoms with E-state index in [1.165, 1.54) is 39.0 Å². The SMILES string of the molecule is CC.CC.OCCCN1CCC2(CC1)CNC2. The molecule has 2 N–H and O–H groups in total. The average molecular weight is 244 g/mol. The Morgan fingerprint density at radius 2 is 1.59 bits per heavy atom. The van der Waals surface area contributed by atoms with Crippen LogP contribution in [-0.2, 0) is 0 Å². The van der Waals surface area contributed by atoms with E-state index in [0.29, 0.717) is 12.0 Å². The Labute approximate surface area is 108 Å². The second-order valence-electron chi connectivity index (χ2n) is 4.52. The highest BCUT2D eigenvalue weighted by molar-refractivity contribution is 4.95. The van der Waals surface area contributed by atoms with Gasteiger partial charge in [-0.05, 0) is 37.8 Å². The molecule has 3 heteroatoms. The number of aliphatic hydroxyl groups excluding tert-OH is 1. The standard InChI is InChI=1S/C10H20N2O.2C2H6/c13-7-1-4-12-5-2-10(3-6-12)8-11-9-10;2*1-2/h11,13H,1-9H2;2*1-2H3. The lowest BCUT2D eigenvalue weighted by Gasteiger charge is -2.48. The van der Waals surface area contributed by atoms with E-state index < -0.39 is 0 Å². The van der Waals surface area contributed by atoms with Crippen LogP contribution in [0.5, 0.6) is 0 Å². The third-order valence-corrected chi connectivity index (χ3v) is 3.55. The smallest absolute Gasteiger partial charge is 0.0443 e. The van der Waals surface area contributed by atoms with E-state index in [0.717, 1.165) is 13.0 Å². The van der Waals surface area contributed by atoms with Crippen LogP contribution in [0.25, 0.3) is 0 Å². The van der Waals surface area contributed by atoms with Gasteiger partial charge in [0.2, 0.25) is 0 Å². The Bertz CT molecular complexity index is 160. The van der Waals surface area contributed by atoms with Crippen molar-refractivity contribution in [2.45, 2.75) is 47.0 Å². The van der Waals surface area contributed by atoms with Crippen LogP contribution in [0.15, 0.2) is 0 Å². The Kier molecular flexibility index (Phi) is 9.79. The van der Waals surface area contributed by atoms with Crippen molar-refractivity contribution in [1.29, 1.82) is 0 Å². The predicted octanol–water partition coefficient (Wildman–Crippen LogP) is 2.11. The first-order chi connectivity index (χ1) is 8.35. The lowest BCUT2D eigenvalue weighted by Crippen LogP contribution is -2.58. The molecule has 0 atom stereocenters. The molecular formula is C14H32N2O. The maximum absolute atomic E-state index is 8.72. The number of nitrogens with zero attached hydrogens (tertiary/aromatic N) is 1. The molecule has 1 spiro atoms. The van der Waals surface area contributed by atoms with E-state index in [2.05, 4.69) is 10.2 Å². The van der Waals surface area contributed by atoms with Gasteiger partial charge in [-0.25, -0.2) is 0 Å². The van der Waals surface area contributed by atoms with E-state index >= 15 is 0 Å². The molecule has 2 saturated heterocycles. The highest BCUT2D eigenvalue weighted by Gasteiger charge is 2.39. The van der Waals surface area contributed by atoms with Crippen LogP contribution in [0.2, 0.25) is 0 Å². The minimum Gasteiger partial charge on any atom is -0.396 e. The number of hydrogen-bond donors (Lipinski definition) is 2. The fourth-order valence-corrected chi connectivity index (χ4v) is 2.38. The molecule has 0 radical (unpaired) electrons. The molecule has 2 aliphatic heterocycles. The van der Waals surface area contributed by atoms with E-state index in [-0.39, 0.29) is 0 Å². The van der Waals surface area contributed by atoms with Crippen LogP contribution >= 0.6 is 0 Å². The third kappa shape index (κ3) is 5.36. The molecule has 0 aromatic heterocycles. The van der Waals surface area contributed by atoms with Crippen molar-refractivity contribution in [3.63, 3.8) is 0 Å². The van der Waals surface area contributed by atoms with Crippen molar-refractivity contribution >= 4 is 0 Å². The molecule has 2 heterocycles. The van der Waals surface area contributed by atoms with Gasteiger partial charge in [-0.3, -0.25) is 0 Å². The predicted molar refractivity (Wildman–Crippen MR) is 75.4 cm³/mol. The molecule has 104 valence electrons. The van der Waals surface area contributed by atoms with Crippen molar-refractivity contribution < 1.29 is 5.11 Å². The lowest BCUT2D eigenvalue weighted by atomic mass is 9.73. The van der Waals surface area contributed by atoms with Crippen molar-refractivity contribution in [3.8, 4) is 0 Å². The van der Waals surface area contributed by atoms with Crippen molar-refractivity contribution in [2.75, 3.05) is 39.3 Å². The maximum atomic E-state index is 8.72. The highest BCUT2D eigenvalue weighted by atomic mass is 16.3. The summed E-state index contributed by atoms with van der Waals surface area (Å²) in [5.41, 5.74) is 0.662. The summed E-state index contributed by atoms with van der Waals surface area (Å²) in [7, 11) is 0. The first kappa shape index (κ1) is 16.9. The molecule has 0 amide bonds. The molecule has 0 aromatic rings. The second-order valence-corrected chi connectivity index (χ2v) is 4.52. The monoisotopic (exact) mass is 244 g/mol. The summed E-state index contributed by atoms with van der Waals surface area (Å²) in [5.74, 6) is 0. The van der Waals surface area contributed by atoms with Crippen LogP contribution in [0.3, 0.4) is 0 Å². The van der Waals surface area contributed by atoms with Gasteiger partial charge in [0.1, 0.15) is 0 Å². The highest BCUT2D eigenvalue weighted by Crippen LogP contribution is 2.34. The van der Waals surface area contributed by atoms with Gasteiger partial charge in [0.05, 0.1) is 0 Å². The minimum absolute atomic E-state index is 0.337. The zero-order valence-electron chi connectivity index (χ0n) is 12.3.